The van der Waals surface area contributed by atoms with E-state index in [0.29, 0.717) is 19.3 Å². The number of allylic oxidation sites excluding steroid dienone is 12. The SMILES string of the molecule is CC/C=C\C/C=C\C/C=C\CCCCCCCC(=O)OC(COC(=O)CCCCCCCC/C=C\C/C=C\C/C=C\CCCCC)COC(=O)CCCCCCCCCCCCCC. The quantitative estimate of drug-likeness (QED) is 0.0262. The van der Waals surface area contributed by atoms with Crippen LogP contribution >= 0.6 is 0 Å². The predicted molar refractivity (Wildman–Crippen MR) is 274 cm³/mol. The molecule has 1 atom stereocenters. The average molecular weight is 893 g/mol. The molecule has 1 unspecified atom stereocenters. The van der Waals surface area contributed by atoms with E-state index in [9.17, 15) is 14.4 Å². The lowest BCUT2D eigenvalue weighted by Gasteiger charge is -2.18. The Morgan fingerprint density at radius 3 is 0.984 bits per heavy atom. The fourth-order valence-electron chi connectivity index (χ4n) is 7.40. The van der Waals surface area contributed by atoms with E-state index in [1.807, 2.05) is 0 Å². The van der Waals surface area contributed by atoms with Crippen molar-refractivity contribution in [2.24, 2.45) is 0 Å². The highest BCUT2D eigenvalue weighted by Crippen LogP contribution is 2.15. The molecule has 0 heterocycles. The minimum Gasteiger partial charge on any atom is -0.462 e. The van der Waals surface area contributed by atoms with E-state index in [2.05, 4.69) is 93.7 Å². The molecule has 0 fully saturated rings. The van der Waals surface area contributed by atoms with Gasteiger partial charge in [0.2, 0.25) is 0 Å². The summed E-state index contributed by atoms with van der Waals surface area (Å²) in [5, 5.41) is 0. The van der Waals surface area contributed by atoms with Crippen LogP contribution in [0.15, 0.2) is 72.9 Å². The van der Waals surface area contributed by atoms with E-state index in [0.717, 1.165) is 116 Å². The summed E-state index contributed by atoms with van der Waals surface area (Å²) in [5.74, 6) is -0.911. The standard InChI is InChI=1S/C58H100O6/c1-4-7-10-13-16-19-22-25-27-28-29-30-32-33-36-39-42-45-48-51-57(60)63-54-55(53-62-56(59)50-47-44-41-38-35-24-21-18-15-12-9-6-3)64-58(61)52-49-46-43-40-37-34-31-26-23-20-17-14-11-8-5-2/h8,11,16-17,19-20,25-27,29-31,55H,4-7,9-10,12-15,18,21-24,28,32-54H2,1-3H3/b11-8-,19-16-,20-17-,27-25-,30-29-,31-26-. The molecule has 0 spiro atoms. The molecule has 0 aromatic carbocycles. The van der Waals surface area contributed by atoms with Gasteiger partial charge in [0.1, 0.15) is 13.2 Å². The van der Waals surface area contributed by atoms with Gasteiger partial charge in [-0.05, 0) is 89.9 Å². The van der Waals surface area contributed by atoms with E-state index >= 15 is 0 Å². The number of carbonyl (C=O) groups excluding carboxylic acids is 3. The summed E-state index contributed by atoms with van der Waals surface area (Å²) in [7, 11) is 0. The van der Waals surface area contributed by atoms with Crippen molar-refractivity contribution in [2.75, 3.05) is 13.2 Å². The zero-order chi connectivity index (χ0) is 46.5. The number of hydrogen-bond acceptors (Lipinski definition) is 6. The van der Waals surface area contributed by atoms with E-state index in [4.69, 9.17) is 14.2 Å². The second-order valence-corrected chi connectivity index (χ2v) is 17.8. The molecule has 64 heavy (non-hydrogen) atoms. The summed E-state index contributed by atoms with van der Waals surface area (Å²) in [5.41, 5.74) is 0. The van der Waals surface area contributed by atoms with E-state index < -0.39 is 6.10 Å². The lowest BCUT2D eigenvalue weighted by Crippen LogP contribution is -2.30. The fourth-order valence-corrected chi connectivity index (χ4v) is 7.40. The number of unbranched alkanes of at least 4 members (excludes halogenated alkanes) is 25. The molecule has 0 N–H and O–H groups in total. The Morgan fingerprint density at radius 2 is 0.609 bits per heavy atom. The van der Waals surface area contributed by atoms with Crippen molar-refractivity contribution in [1.82, 2.24) is 0 Å². The summed E-state index contributed by atoms with van der Waals surface area (Å²) < 4.78 is 16.8. The van der Waals surface area contributed by atoms with Gasteiger partial charge in [-0.15, -0.1) is 0 Å². The first kappa shape index (κ1) is 60.9. The first-order valence-electron chi connectivity index (χ1n) is 26.9. The van der Waals surface area contributed by atoms with Crippen LogP contribution in [0.2, 0.25) is 0 Å². The maximum absolute atomic E-state index is 12.8. The molecular weight excluding hydrogens is 793 g/mol. The highest BCUT2D eigenvalue weighted by molar-refractivity contribution is 5.71. The maximum Gasteiger partial charge on any atom is 0.306 e. The monoisotopic (exact) mass is 893 g/mol. The van der Waals surface area contributed by atoms with Gasteiger partial charge >= 0.3 is 17.9 Å². The number of rotatable bonds is 48. The Balaban J connectivity index is 4.40. The lowest BCUT2D eigenvalue weighted by molar-refractivity contribution is -0.167. The summed E-state index contributed by atoms with van der Waals surface area (Å²) in [6, 6.07) is 0. The van der Waals surface area contributed by atoms with Crippen molar-refractivity contribution < 1.29 is 28.6 Å². The molecule has 6 nitrogen and oxygen atoms in total. The molecule has 0 aliphatic carbocycles. The molecule has 0 amide bonds. The van der Waals surface area contributed by atoms with Crippen LogP contribution in [-0.4, -0.2) is 37.2 Å². The molecule has 0 aliphatic rings. The Morgan fingerprint density at radius 1 is 0.328 bits per heavy atom. The first-order chi connectivity index (χ1) is 31.5. The molecule has 0 radical (unpaired) electrons. The Bertz CT molecular complexity index is 1210. The summed E-state index contributed by atoms with van der Waals surface area (Å²) in [6.07, 6.45) is 65.9. The number of carbonyl (C=O) groups is 3. The van der Waals surface area contributed by atoms with Gasteiger partial charge in [-0.2, -0.15) is 0 Å². The van der Waals surface area contributed by atoms with Gasteiger partial charge < -0.3 is 14.2 Å². The van der Waals surface area contributed by atoms with Crippen molar-refractivity contribution in [2.45, 2.75) is 264 Å². The van der Waals surface area contributed by atoms with Crippen LogP contribution in [0.4, 0.5) is 0 Å². The van der Waals surface area contributed by atoms with Crippen LogP contribution in [0, 0.1) is 0 Å². The Labute approximate surface area is 395 Å². The average Bonchev–Trinajstić information content (AvgIpc) is 3.29. The summed E-state index contributed by atoms with van der Waals surface area (Å²) in [4.78, 5) is 38.0. The third kappa shape index (κ3) is 49.9. The molecule has 0 aliphatic heterocycles. The minimum absolute atomic E-state index is 0.0853. The third-order valence-corrected chi connectivity index (χ3v) is 11.4. The molecule has 0 aromatic rings. The van der Waals surface area contributed by atoms with Crippen LogP contribution in [0.5, 0.6) is 0 Å². The molecule has 0 saturated heterocycles. The fraction of sp³-hybridized carbons (Fsp3) is 0.741. The van der Waals surface area contributed by atoms with Gasteiger partial charge in [-0.1, -0.05) is 222 Å². The molecular formula is C58H100O6. The van der Waals surface area contributed by atoms with Crippen molar-refractivity contribution in [3.8, 4) is 0 Å². The van der Waals surface area contributed by atoms with Crippen molar-refractivity contribution in [3.05, 3.63) is 72.9 Å². The molecule has 0 saturated carbocycles. The zero-order valence-corrected chi connectivity index (χ0v) is 42.0. The van der Waals surface area contributed by atoms with Gasteiger partial charge in [0.15, 0.2) is 6.10 Å². The largest absolute Gasteiger partial charge is 0.462 e. The van der Waals surface area contributed by atoms with E-state index in [1.54, 1.807) is 0 Å². The Kier molecular flexibility index (Phi) is 49.9. The minimum atomic E-state index is -0.788. The number of ether oxygens (including phenoxy) is 3. The van der Waals surface area contributed by atoms with Crippen LogP contribution in [-0.2, 0) is 28.6 Å². The first-order valence-corrected chi connectivity index (χ1v) is 26.9. The third-order valence-electron chi connectivity index (χ3n) is 11.4. The smallest absolute Gasteiger partial charge is 0.306 e. The van der Waals surface area contributed by atoms with Crippen molar-refractivity contribution in [3.63, 3.8) is 0 Å². The van der Waals surface area contributed by atoms with Crippen molar-refractivity contribution in [1.29, 1.82) is 0 Å². The van der Waals surface area contributed by atoms with E-state index in [1.165, 1.54) is 103 Å². The van der Waals surface area contributed by atoms with Gasteiger partial charge in [-0.25, -0.2) is 0 Å². The van der Waals surface area contributed by atoms with Crippen molar-refractivity contribution >= 4 is 17.9 Å². The van der Waals surface area contributed by atoms with E-state index in [-0.39, 0.29) is 31.1 Å². The highest BCUT2D eigenvalue weighted by Gasteiger charge is 2.19. The second kappa shape index (κ2) is 52.5. The zero-order valence-electron chi connectivity index (χ0n) is 42.0. The molecule has 0 bridgehead atoms. The molecule has 6 heteroatoms. The van der Waals surface area contributed by atoms with Crippen LogP contribution in [0.1, 0.15) is 258 Å². The number of hydrogen-bond donors (Lipinski definition) is 0. The molecule has 0 aromatic heterocycles. The molecule has 0 rings (SSSR count). The normalized spacial score (nSPS) is 12.6. The topological polar surface area (TPSA) is 78.9 Å². The van der Waals surface area contributed by atoms with Crippen LogP contribution < -0.4 is 0 Å². The number of esters is 3. The highest BCUT2D eigenvalue weighted by atomic mass is 16.6. The second-order valence-electron chi connectivity index (χ2n) is 17.8. The van der Waals surface area contributed by atoms with Gasteiger partial charge in [-0.3, -0.25) is 14.4 Å². The van der Waals surface area contributed by atoms with Crippen LogP contribution in [0.3, 0.4) is 0 Å². The lowest BCUT2D eigenvalue weighted by atomic mass is 10.0. The maximum atomic E-state index is 12.8. The summed E-state index contributed by atoms with van der Waals surface area (Å²) >= 11 is 0. The van der Waals surface area contributed by atoms with Gasteiger partial charge in [0, 0.05) is 19.3 Å². The Hall–Kier alpha value is -3.15. The summed E-state index contributed by atoms with van der Waals surface area (Å²) in [6.45, 7) is 6.48. The predicted octanol–water partition coefficient (Wildman–Crippen LogP) is 17.8. The van der Waals surface area contributed by atoms with Gasteiger partial charge in [0.05, 0.1) is 0 Å². The molecule has 368 valence electrons. The van der Waals surface area contributed by atoms with Gasteiger partial charge in [0.25, 0.3) is 0 Å². The van der Waals surface area contributed by atoms with Crippen LogP contribution in [0.25, 0.3) is 0 Å².